The molecule has 342 valence electrons. The van der Waals surface area contributed by atoms with E-state index >= 15 is 0 Å². The number of ether oxygens (including phenoxy) is 1. The van der Waals surface area contributed by atoms with E-state index in [1.807, 2.05) is 0 Å². The van der Waals surface area contributed by atoms with Gasteiger partial charge in [0.25, 0.3) is 6.71 Å². The number of benzene rings is 9. The second kappa shape index (κ2) is 16.0. The van der Waals surface area contributed by atoms with E-state index in [9.17, 15) is 0 Å². The number of fused-ring (bicyclic) bond motifs is 7. The molecule has 2 aliphatic heterocycles. The van der Waals surface area contributed by atoms with Crippen LogP contribution in [0.15, 0.2) is 194 Å². The number of hydrogen-bond donors (Lipinski definition) is 0. The smallest absolute Gasteiger partial charge is 0.256 e. The maximum absolute atomic E-state index is 7.45. The van der Waals surface area contributed by atoms with Crippen molar-refractivity contribution in [3.05, 3.63) is 211 Å². The highest BCUT2D eigenvalue weighted by atomic mass is 16.5. The Morgan fingerprint density at radius 2 is 0.929 bits per heavy atom. The largest absolute Gasteiger partial charge is 0.458 e. The second-order valence-electron chi connectivity index (χ2n) is 22.6. The van der Waals surface area contributed by atoms with E-state index in [-0.39, 0.29) is 23.0 Å². The third-order valence-corrected chi connectivity index (χ3v) is 14.9. The van der Waals surface area contributed by atoms with Gasteiger partial charge in [-0.25, -0.2) is 0 Å². The van der Waals surface area contributed by atoms with Crippen LogP contribution in [-0.2, 0) is 16.2 Å². The Bertz CT molecular complexity index is 3550. The van der Waals surface area contributed by atoms with Crippen LogP contribution in [0.25, 0.3) is 60.9 Å². The summed E-state index contributed by atoms with van der Waals surface area (Å²) in [5.74, 6) is 1.79. The third-order valence-electron chi connectivity index (χ3n) is 14.9. The Morgan fingerprint density at radius 1 is 0.386 bits per heavy atom. The number of aromatic nitrogens is 1. The van der Waals surface area contributed by atoms with E-state index in [0.29, 0.717) is 0 Å². The third kappa shape index (κ3) is 7.18. The summed E-state index contributed by atoms with van der Waals surface area (Å²) in [5.41, 5.74) is 21.4. The average Bonchev–Trinajstić information content (AvgIpc) is 3.69. The lowest BCUT2D eigenvalue weighted by Crippen LogP contribution is -2.59. The van der Waals surface area contributed by atoms with E-state index < -0.39 is 0 Å². The first-order valence-electron chi connectivity index (χ1n) is 24.9. The molecule has 0 saturated carbocycles. The SMILES string of the molecule is CC(C)(C)c1cc2c3c(c1)N(c1c(-c4ccccc4)cccc1-c1ccccc1)c1ccc(-c4ccccc4)cc1B3c1ccc(-n3c4ccc(C(C)(C)C)cc4c4cc(C(C)(C)C)ccc43)cc1O2. The van der Waals surface area contributed by atoms with Crippen LogP contribution in [0.4, 0.5) is 17.1 Å². The van der Waals surface area contributed by atoms with Gasteiger partial charge in [0.05, 0.1) is 16.7 Å². The molecule has 0 atom stereocenters. The van der Waals surface area contributed by atoms with Crippen molar-refractivity contribution in [2.24, 2.45) is 0 Å². The van der Waals surface area contributed by atoms with Gasteiger partial charge >= 0.3 is 0 Å². The summed E-state index contributed by atoms with van der Waals surface area (Å²) < 4.78 is 9.91. The van der Waals surface area contributed by atoms with Crippen LogP contribution in [0.3, 0.4) is 0 Å². The number of anilines is 3. The zero-order valence-corrected chi connectivity index (χ0v) is 41.9. The van der Waals surface area contributed by atoms with E-state index in [4.69, 9.17) is 4.74 Å². The first kappa shape index (κ1) is 43.7. The highest BCUT2D eigenvalue weighted by Crippen LogP contribution is 2.50. The van der Waals surface area contributed by atoms with Gasteiger partial charge in [0.1, 0.15) is 11.5 Å². The lowest BCUT2D eigenvalue weighted by molar-refractivity contribution is 0.483. The summed E-state index contributed by atoms with van der Waals surface area (Å²) >= 11 is 0. The van der Waals surface area contributed by atoms with Gasteiger partial charge in [-0.1, -0.05) is 202 Å². The van der Waals surface area contributed by atoms with Gasteiger partial charge in [0, 0.05) is 45.0 Å². The minimum atomic E-state index is -0.169. The van der Waals surface area contributed by atoms with E-state index in [0.717, 1.165) is 34.0 Å². The van der Waals surface area contributed by atoms with Gasteiger partial charge in [-0.05, 0) is 120 Å². The van der Waals surface area contributed by atoms with E-state index in [1.165, 1.54) is 88.5 Å². The molecular weight excluding hydrogens is 848 g/mol. The summed E-state index contributed by atoms with van der Waals surface area (Å²) in [4.78, 5) is 2.57. The van der Waals surface area contributed by atoms with Gasteiger partial charge < -0.3 is 14.2 Å². The summed E-state index contributed by atoms with van der Waals surface area (Å²) in [5, 5.41) is 2.55. The van der Waals surface area contributed by atoms with Crippen LogP contribution in [0.2, 0.25) is 0 Å². The van der Waals surface area contributed by atoms with E-state index in [2.05, 4.69) is 266 Å². The van der Waals surface area contributed by atoms with Crippen LogP contribution in [0, 0.1) is 0 Å². The Morgan fingerprint density at radius 3 is 1.47 bits per heavy atom. The van der Waals surface area contributed by atoms with Crippen molar-refractivity contribution in [1.29, 1.82) is 0 Å². The van der Waals surface area contributed by atoms with Gasteiger partial charge in [-0.15, -0.1) is 0 Å². The molecule has 2 aliphatic rings. The van der Waals surface area contributed by atoms with Crippen LogP contribution in [0.1, 0.15) is 79.0 Å². The van der Waals surface area contributed by atoms with Gasteiger partial charge in [-0.2, -0.15) is 0 Å². The fourth-order valence-electron chi connectivity index (χ4n) is 11.1. The molecule has 4 heteroatoms. The van der Waals surface area contributed by atoms with Crippen LogP contribution in [0.5, 0.6) is 11.5 Å². The van der Waals surface area contributed by atoms with Crippen molar-refractivity contribution < 1.29 is 4.74 Å². The minimum Gasteiger partial charge on any atom is -0.458 e. The van der Waals surface area contributed by atoms with Gasteiger partial charge in [0.2, 0.25) is 0 Å². The van der Waals surface area contributed by atoms with Crippen molar-refractivity contribution >= 4 is 62.0 Å². The first-order chi connectivity index (χ1) is 33.6. The number of nitrogens with zero attached hydrogens (tertiary/aromatic N) is 2. The maximum Gasteiger partial charge on any atom is 0.256 e. The molecule has 0 N–H and O–H groups in total. The molecule has 0 spiro atoms. The Hall–Kier alpha value is -7.56. The Balaban J connectivity index is 1.13. The molecule has 3 nitrogen and oxygen atoms in total. The van der Waals surface area contributed by atoms with E-state index in [1.54, 1.807) is 0 Å². The van der Waals surface area contributed by atoms with Crippen molar-refractivity contribution in [2.45, 2.75) is 78.6 Å². The molecule has 9 aromatic carbocycles. The highest BCUT2D eigenvalue weighted by Gasteiger charge is 2.44. The number of hydrogen-bond acceptors (Lipinski definition) is 2. The van der Waals surface area contributed by atoms with Crippen molar-refractivity contribution in [2.75, 3.05) is 4.90 Å². The number of rotatable bonds is 5. The fourth-order valence-corrected chi connectivity index (χ4v) is 11.1. The Kier molecular flexibility index (Phi) is 9.99. The minimum absolute atomic E-state index is 0.0149. The summed E-state index contributed by atoms with van der Waals surface area (Å²) in [6, 6.07) is 72.4. The molecule has 0 unspecified atom stereocenters. The molecular formula is C66H59BN2O. The molecule has 10 aromatic rings. The zero-order valence-electron chi connectivity index (χ0n) is 41.9. The van der Waals surface area contributed by atoms with Gasteiger partial charge in [0.15, 0.2) is 0 Å². The number of para-hydroxylation sites is 1. The van der Waals surface area contributed by atoms with Gasteiger partial charge in [-0.3, -0.25) is 0 Å². The highest BCUT2D eigenvalue weighted by molar-refractivity contribution is 6.99. The maximum atomic E-state index is 7.45. The summed E-state index contributed by atoms with van der Waals surface area (Å²) in [7, 11) is 0. The van der Waals surface area contributed by atoms with Crippen molar-refractivity contribution in [3.8, 4) is 50.6 Å². The monoisotopic (exact) mass is 906 g/mol. The quantitative estimate of drug-likeness (QED) is 0.160. The molecule has 12 rings (SSSR count). The predicted molar refractivity (Wildman–Crippen MR) is 299 cm³/mol. The summed E-state index contributed by atoms with van der Waals surface area (Å²) in [6.45, 7) is 20.7. The molecule has 0 bridgehead atoms. The topological polar surface area (TPSA) is 17.4 Å². The lowest BCUT2D eigenvalue weighted by atomic mass is 9.34. The molecule has 0 radical (unpaired) electrons. The van der Waals surface area contributed by atoms with Crippen LogP contribution in [-0.4, -0.2) is 11.3 Å². The molecule has 0 fully saturated rings. The predicted octanol–water partition coefficient (Wildman–Crippen LogP) is 16.1. The van der Waals surface area contributed by atoms with Crippen LogP contribution >= 0.6 is 0 Å². The molecule has 0 amide bonds. The van der Waals surface area contributed by atoms with Crippen molar-refractivity contribution in [1.82, 2.24) is 4.57 Å². The average molecular weight is 907 g/mol. The van der Waals surface area contributed by atoms with Crippen LogP contribution < -0.4 is 26.0 Å². The molecule has 3 heterocycles. The Labute approximate surface area is 414 Å². The molecule has 70 heavy (non-hydrogen) atoms. The molecule has 0 saturated heterocycles. The first-order valence-corrected chi connectivity index (χ1v) is 24.9. The molecule has 0 aliphatic carbocycles. The van der Waals surface area contributed by atoms with Crippen molar-refractivity contribution in [3.63, 3.8) is 0 Å². The zero-order chi connectivity index (χ0) is 48.3. The standard InChI is InChI=1S/C66H59BN2O/c1-64(2,3)46-29-34-56-52(37-46)53-38-47(65(4,5)6)30-35-57(53)68(56)49-31-32-54-60(41-49)70-61-40-48(66(7,8)9)39-59-62(61)67(54)55-36-45(42-20-13-10-14-21-42)28-33-58(55)69(59)63-50(43-22-15-11-16-23-43)26-19-27-51(63)44-24-17-12-18-25-44/h10-41H,1-9H3. The fraction of sp³-hybridized carbons (Fsp3) is 0.182. The second-order valence-corrected chi connectivity index (χ2v) is 22.6. The normalized spacial score (nSPS) is 13.3. The summed E-state index contributed by atoms with van der Waals surface area (Å²) in [6.07, 6.45) is 0. The lowest BCUT2D eigenvalue weighted by Gasteiger charge is -2.42. The molecule has 1 aromatic heterocycles.